The fourth-order valence-electron chi connectivity index (χ4n) is 1.58. The number of aromatic hydroxyl groups is 1. The van der Waals surface area contributed by atoms with Gasteiger partial charge in [-0.1, -0.05) is 12.1 Å². The molecule has 0 bridgehead atoms. The van der Waals surface area contributed by atoms with Gasteiger partial charge in [0.05, 0.1) is 21.4 Å². The normalized spacial score (nSPS) is 12.3. The van der Waals surface area contributed by atoms with Gasteiger partial charge in [-0.2, -0.15) is 0 Å². The molecule has 0 radical (unpaired) electrons. The molecule has 0 spiro atoms. The maximum atomic E-state index is 13.1. The molecule has 0 amide bonds. The van der Waals surface area contributed by atoms with Crippen LogP contribution in [0.4, 0.5) is 10.1 Å². The molecule has 0 fully saturated rings. The number of hydrogen-bond acceptors (Lipinski definition) is 3. The van der Waals surface area contributed by atoms with E-state index in [1.54, 1.807) is 12.1 Å². The van der Waals surface area contributed by atoms with Crippen molar-refractivity contribution in [3.63, 3.8) is 0 Å². The zero-order chi connectivity index (χ0) is 13.1. The summed E-state index contributed by atoms with van der Waals surface area (Å²) >= 11 is 0. The molecule has 0 aliphatic rings. The number of nitrogens with two attached hydrogens (primary N) is 1. The molecular weight excluding hydrogens is 253 g/mol. The highest BCUT2D eigenvalue weighted by Gasteiger charge is 2.10. The Kier molecular flexibility index (Phi) is 3.62. The lowest BCUT2D eigenvalue weighted by atomic mass is 10.2. The zero-order valence-corrected chi connectivity index (χ0v) is 10.3. The molecule has 3 N–H and O–H groups in total. The van der Waals surface area contributed by atoms with Crippen molar-refractivity contribution < 1.29 is 13.7 Å². The van der Waals surface area contributed by atoms with Gasteiger partial charge in [-0.3, -0.25) is 4.21 Å². The lowest BCUT2D eigenvalue weighted by Crippen LogP contribution is -2.01. The Labute approximate surface area is 107 Å². The molecule has 2 rings (SSSR count). The monoisotopic (exact) mass is 265 g/mol. The first kappa shape index (κ1) is 12.6. The van der Waals surface area contributed by atoms with Crippen LogP contribution in [0, 0.1) is 5.82 Å². The number of rotatable bonds is 3. The minimum absolute atomic E-state index is 0.108. The Hall–Kier alpha value is -1.88. The summed E-state index contributed by atoms with van der Waals surface area (Å²) < 4.78 is 25.2. The molecule has 0 aromatic heterocycles. The Morgan fingerprint density at radius 1 is 1.22 bits per heavy atom. The van der Waals surface area contributed by atoms with Crippen LogP contribution >= 0.6 is 0 Å². The van der Waals surface area contributed by atoms with E-state index in [0.29, 0.717) is 11.3 Å². The van der Waals surface area contributed by atoms with E-state index < -0.39 is 16.6 Å². The van der Waals surface area contributed by atoms with E-state index in [1.807, 2.05) is 0 Å². The van der Waals surface area contributed by atoms with Crippen molar-refractivity contribution in [3.8, 4) is 5.75 Å². The molecule has 2 aromatic carbocycles. The lowest BCUT2D eigenvalue weighted by Gasteiger charge is -2.06. The molecule has 5 heteroatoms. The van der Waals surface area contributed by atoms with Crippen molar-refractivity contribution in [1.29, 1.82) is 0 Å². The number of benzene rings is 2. The second kappa shape index (κ2) is 5.18. The van der Waals surface area contributed by atoms with Crippen molar-refractivity contribution in [2.45, 2.75) is 10.6 Å². The summed E-state index contributed by atoms with van der Waals surface area (Å²) in [4.78, 5) is 0.276. The van der Waals surface area contributed by atoms with Crippen LogP contribution in [0.15, 0.2) is 47.4 Å². The summed E-state index contributed by atoms with van der Waals surface area (Å²) in [7, 11) is -1.44. The van der Waals surface area contributed by atoms with Gasteiger partial charge in [0.2, 0.25) is 0 Å². The third-order valence-corrected chi connectivity index (χ3v) is 3.87. The van der Waals surface area contributed by atoms with Gasteiger partial charge >= 0.3 is 0 Å². The van der Waals surface area contributed by atoms with Crippen LogP contribution in [-0.2, 0) is 16.6 Å². The minimum Gasteiger partial charge on any atom is -0.508 e. The van der Waals surface area contributed by atoms with Crippen molar-refractivity contribution in [2.75, 3.05) is 5.73 Å². The van der Waals surface area contributed by atoms with Crippen LogP contribution in [0.5, 0.6) is 5.75 Å². The second-order valence-corrected chi connectivity index (χ2v) is 5.26. The Morgan fingerprint density at radius 3 is 2.72 bits per heavy atom. The number of phenols is 1. The van der Waals surface area contributed by atoms with Crippen LogP contribution in [0.25, 0.3) is 0 Å². The van der Waals surface area contributed by atoms with Crippen molar-refractivity contribution in [2.24, 2.45) is 0 Å². The van der Waals surface area contributed by atoms with Crippen LogP contribution in [0.2, 0.25) is 0 Å². The molecule has 2 aromatic rings. The smallest absolute Gasteiger partial charge is 0.124 e. The zero-order valence-electron chi connectivity index (χ0n) is 9.47. The first-order valence-corrected chi connectivity index (χ1v) is 6.59. The van der Waals surface area contributed by atoms with E-state index in [2.05, 4.69) is 0 Å². The summed E-state index contributed by atoms with van der Waals surface area (Å²) in [6, 6.07) is 10.3. The Balaban J connectivity index is 2.24. The van der Waals surface area contributed by atoms with Gasteiger partial charge in [-0.05, 0) is 35.9 Å². The number of nitrogen functional groups attached to an aromatic ring is 1. The molecule has 3 nitrogen and oxygen atoms in total. The highest BCUT2D eigenvalue weighted by atomic mass is 32.2. The van der Waals surface area contributed by atoms with Gasteiger partial charge in [-0.15, -0.1) is 0 Å². The highest BCUT2D eigenvalue weighted by Crippen LogP contribution is 2.21. The minimum atomic E-state index is -1.44. The van der Waals surface area contributed by atoms with Gasteiger partial charge in [0.1, 0.15) is 11.6 Å². The molecule has 0 heterocycles. The number of hydrogen-bond donors (Lipinski definition) is 2. The summed E-state index contributed by atoms with van der Waals surface area (Å²) in [5, 5.41) is 9.31. The number of anilines is 1. The van der Waals surface area contributed by atoms with Gasteiger partial charge in [0.15, 0.2) is 0 Å². The van der Waals surface area contributed by atoms with Gasteiger partial charge in [0, 0.05) is 5.69 Å². The topological polar surface area (TPSA) is 63.3 Å². The molecule has 0 saturated carbocycles. The Bertz CT molecular complexity index is 601. The lowest BCUT2D eigenvalue weighted by molar-refractivity contribution is 0.475. The largest absolute Gasteiger partial charge is 0.508 e. The van der Waals surface area contributed by atoms with Crippen LogP contribution in [0.3, 0.4) is 0 Å². The maximum Gasteiger partial charge on any atom is 0.124 e. The highest BCUT2D eigenvalue weighted by molar-refractivity contribution is 7.84. The predicted molar refractivity (Wildman–Crippen MR) is 69.0 cm³/mol. The first-order valence-electron chi connectivity index (χ1n) is 5.27. The average molecular weight is 265 g/mol. The van der Waals surface area contributed by atoms with Crippen molar-refractivity contribution in [1.82, 2.24) is 0 Å². The molecule has 1 atom stereocenters. The SMILES string of the molecule is Nc1ccc(F)cc1S(=O)Cc1cccc(O)c1. The number of phenolic OH excluding ortho intramolecular Hbond substituents is 1. The van der Waals surface area contributed by atoms with E-state index in [1.165, 1.54) is 30.3 Å². The van der Waals surface area contributed by atoms with E-state index in [-0.39, 0.29) is 16.4 Å². The molecule has 94 valence electrons. The molecule has 0 saturated heterocycles. The van der Waals surface area contributed by atoms with Crippen LogP contribution < -0.4 is 5.73 Å². The van der Waals surface area contributed by atoms with E-state index >= 15 is 0 Å². The summed E-state index contributed by atoms with van der Waals surface area (Å²) in [6.45, 7) is 0. The summed E-state index contributed by atoms with van der Waals surface area (Å²) in [6.07, 6.45) is 0. The van der Waals surface area contributed by atoms with E-state index in [4.69, 9.17) is 5.73 Å². The summed E-state index contributed by atoms with van der Waals surface area (Å²) in [5.41, 5.74) is 6.67. The first-order chi connectivity index (χ1) is 8.56. The quantitative estimate of drug-likeness (QED) is 0.838. The van der Waals surface area contributed by atoms with Crippen LogP contribution in [-0.4, -0.2) is 9.32 Å². The third-order valence-electron chi connectivity index (χ3n) is 2.43. The molecular formula is C13H12FNO2S. The fraction of sp³-hybridized carbons (Fsp3) is 0.0769. The van der Waals surface area contributed by atoms with Crippen molar-refractivity contribution in [3.05, 3.63) is 53.8 Å². The standard InChI is InChI=1S/C13H12FNO2S/c14-10-4-5-12(15)13(7-10)18(17)8-9-2-1-3-11(16)6-9/h1-7,16H,8,15H2. The fourth-order valence-corrected chi connectivity index (χ4v) is 2.79. The molecule has 0 aliphatic carbocycles. The van der Waals surface area contributed by atoms with Gasteiger partial charge in [0.25, 0.3) is 0 Å². The summed E-state index contributed by atoms with van der Waals surface area (Å²) in [5.74, 6) is -0.178. The molecule has 18 heavy (non-hydrogen) atoms. The van der Waals surface area contributed by atoms with E-state index in [0.717, 1.165) is 0 Å². The van der Waals surface area contributed by atoms with Crippen LogP contribution in [0.1, 0.15) is 5.56 Å². The third kappa shape index (κ3) is 2.87. The van der Waals surface area contributed by atoms with Gasteiger partial charge in [-0.25, -0.2) is 4.39 Å². The Morgan fingerprint density at radius 2 is 2.00 bits per heavy atom. The van der Waals surface area contributed by atoms with Gasteiger partial charge < -0.3 is 10.8 Å². The second-order valence-electron chi connectivity index (χ2n) is 3.84. The number of halogens is 1. The molecule has 1 unspecified atom stereocenters. The predicted octanol–water partition coefficient (Wildman–Crippen LogP) is 2.42. The van der Waals surface area contributed by atoms with Crippen molar-refractivity contribution >= 4 is 16.5 Å². The molecule has 0 aliphatic heterocycles. The average Bonchev–Trinajstić information content (AvgIpc) is 2.32. The van der Waals surface area contributed by atoms with E-state index in [9.17, 15) is 13.7 Å². The maximum absolute atomic E-state index is 13.1.